The Morgan fingerprint density at radius 2 is 0.933 bits per heavy atom. The summed E-state index contributed by atoms with van der Waals surface area (Å²) in [6.45, 7) is 3.45. The van der Waals surface area contributed by atoms with Gasteiger partial charge in [-0.05, 0) is 25.7 Å². The Labute approximate surface area is 98.1 Å². The third kappa shape index (κ3) is 7.99. The molecule has 0 bridgehead atoms. The van der Waals surface area contributed by atoms with Gasteiger partial charge in [-0.25, -0.2) is 0 Å². The predicted octanol–water partition coefficient (Wildman–Crippen LogP) is 0.670. The van der Waals surface area contributed by atoms with Gasteiger partial charge in [0.25, 0.3) is 0 Å². The van der Waals surface area contributed by atoms with Crippen LogP contribution in [0.1, 0.15) is 25.7 Å². The zero-order valence-electron chi connectivity index (χ0n) is 9.19. The maximum Gasteiger partial charge on any atom is 0.0480 e. The highest BCUT2D eigenvalue weighted by atomic mass is 35.5. The molecule has 0 aromatic rings. The quantitative estimate of drug-likeness (QED) is 0.651. The van der Waals surface area contributed by atoms with Gasteiger partial charge in [-0.2, -0.15) is 0 Å². The Balaban J connectivity index is 0.000000245. The summed E-state index contributed by atoms with van der Waals surface area (Å²) in [7, 11) is 0. The molecule has 2 aliphatic rings. The second-order valence-corrected chi connectivity index (χ2v) is 3.90. The van der Waals surface area contributed by atoms with Crippen molar-refractivity contribution in [3.05, 3.63) is 0 Å². The average Bonchev–Trinajstić information content (AvgIpc) is 2.21. The van der Waals surface area contributed by atoms with Crippen LogP contribution in [-0.4, -0.2) is 38.5 Å². The first-order valence-electron chi connectivity index (χ1n) is 5.45. The molecule has 0 radical (unpaired) electrons. The van der Waals surface area contributed by atoms with E-state index in [1.54, 1.807) is 0 Å². The van der Waals surface area contributed by atoms with Crippen LogP contribution in [-0.2, 0) is 9.47 Å². The van der Waals surface area contributed by atoms with E-state index in [0.29, 0.717) is 12.1 Å². The summed E-state index contributed by atoms with van der Waals surface area (Å²) in [5.74, 6) is 0. The summed E-state index contributed by atoms with van der Waals surface area (Å²) < 4.78 is 10.1. The van der Waals surface area contributed by atoms with Crippen molar-refractivity contribution >= 4 is 12.4 Å². The monoisotopic (exact) mass is 238 g/mol. The fourth-order valence-corrected chi connectivity index (χ4v) is 1.43. The van der Waals surface area contributed by atoms with E-state index in [1.807, 2.05) is 0 Å². The molecule has 0 aromatic heterocycles. The van der Waals surface area contributed by atoms with Crippen molar-refractivity contribution < 1.29 is 9.47 Å². The highest BCUT2D eigenvalue weighted by Crippen LogP contribution is 2.02. The molecular formula is C10H23ClN2O2. The Hall–Kier alpha value is 0.130. The molecule has 2 heterocycles. The molecule has 0 unspecified atom stereocenters. The second-order valence-electron chi connectivity index (χ2n) is 3.90. The molecule has 0 spiro atoms. The van der Waals surface area contributed by atoms with Crippen LogP contribution in [0.25, 0.3) is 0 Å². The van der Waals surface area contributed by atoms with Gasteiger partial charge in [-0.15, -0.1) is 12.4 Å². The topological polar surface area (TPSA) is 70.5 Å². The molecule has 2 aliphatic heterocycles. The summed E-state index contributed by atoms with van der Waals surface area (Å²) in [4.78, 5) is 0. The van der Waals surface area contributed by atoms with Gasteiger partial charge >= 0.3 is 0 Å². The van der Waals surface area contributed by atoms with Gasteiger partial charge in [-0.3, -0.25) is 0 Å². The molecule has 0 atom stereocenters. The van der Waals surface area contributed by atoms with Gasteiger partial charge in [0.2, 0.25) is 0 Å². The minimum absolute atomic E-state index is 0. The van der Waals surface area contributed by atoms with Crippen molar-refractivity contribution in [3.8, 4) is 0 Å². The molecule has 4 nitrogen and oxygen atoms in total. The van der Waals surface area contributed by atoms with Crippen LogP contribution >= 0.6 is 12.4 Å². The molecule has 5 heteroatoms. The van der Waals surface area contributed by atoms with Gasteiger partial charge in [0, 0.05) is 38.5 Å². The summed E-state index contributed by atoms with van der Waals surface area (Å²) in [6.07, 6.45) is 4.17. The highest BCUT2D eigenvalue weighted by Gasteiger charge is 2.07. The molecule has 4 N–H and O–H groups in total. The Kier molecular flexibility index (Phi) is 9.44. The largest absolute Gasteiger partial charge is 0.381 e. The SMILES string of the molecule is Cl.NC1CCOCC1.NC1CCOCC1. The van der Waals surface area contributed by atoms with Gasteiger partial charge in [0.15, 0.2) is 0 Å². The second kappa shape index (κ2) is 9.36. The maximum atomic E-state index is 5.55. The number of nitrogens with two attached hydrogens (primary N) is 2. The van der Waals surface area contributed by atoms with Gasteiger partial charge in [0.1, 0.15) is 0 Å². The lowest BCUT2D eigenvalue weighted by Crippen LogP contribution is -2.28. The molecule has 0 aromatic carbocycles. The van der Waals surface area contributed by atoms with Crippen molar-refractivity contribution in [2.45, 2.75) is 37.8 Å². The molecule has 2 rings (SSSR count). The summed E-state index contributed by atoms with van der Waals surface area (Å²) in [6, 6.07) is 0.822. The van der Waals surface area contributed by atoms with Crippen molar-refractivity contribution in [1.82, 2.24) is 0 Å². The molecule has 0 aliphatic carbocycles. The summed E-state index contributed by atoms with van der Waals surface area (Å²) in [5, 5.41) is 0. The molecular weight excluding hydrogens is 216 g/mol. The van der Waals surface area contributed by atoms with Crippen molar-refractivity contribution in [3.63, 3.8) is 0 Å². The molecule has 2 saturated heterocycles. The first kappa shape index (κ1) is 15.1. The first-order valence-corrected chi connectivity index (χ1v) is 5.45. The molecule has 0 saturated carbocycles. The van der Waals surface area contributed by atoms with E-state index in [1.165, 1.54) is 0 Å². The zero-order chi connectivity index (χ0) is 10.2. The minimum atomic E-state index is 0. The van der Waals surface area contributed by atoms with Crippen molar-refractivity contribution in [1.29, 1.82) is 0 Å². The minimum Gasteiger partial charge on any atom is -0.381 e. The van der Waals surface area contributed by atoms with E-state index >= 15 is 0 Å². The molecule has 15 heavy (non-hydrogen) atoms. The number of hydrogen-bond donors (Lipinski definition) is 2. The highest BCUT2D eigenvalue weighted by molar-refractivity contribution is 5.85. The van der Waals surface area contributed by atoms with E-state index in [2.05, 4.69) is 0 Å². The van der Waals surface area contributed by atoms with Gasteiger partial charge < -0.3 is 20.9 Å². The van der Waals surface area contributed by atoms with Crippen molar-refractivity contribution in [2.24, 2.45) is 11.5 Å². The van der Waals surface area contributed by atoms with E-state index in [4.69, 9.17) is 20.9 Å². The lowest BCUT2D eigenvalue weighted by molar-refractivity contribution is 0.0865. The number of rotatable bonds is 0. The number of ether oxygens (including phenoxy) is 2. The van der Waals surface area contributed by atoms with Crippen LogP contribution < -0.4 is 11.5 Å². The maximum absolute atomic E-state index is 5.55. The summed E-state index contributed by atoms with van der Waals surface area (Å²) in [5.41, 5.74) is 11.1. The van der Waals surface area contributed by atoms with Crippen LogP contribution in [0.2, 0.25) is 0 Å². The van der Waals surface area contributed by atoms with Crippen LogP contribution in [0.3, 0.4) is 0 Å². The van der Waals surface area contributed by atoms with Gasteiger partial charge in [0.05, 0.1) is 0 Å². The first-order chi connectivity index (χ1) is 6.79. The lowest BCUT2D eigenvalue weighted by Gasteiger charge is -2.16. The number of hydrogen-bond acceptors (Lipinski definition) is 4. The van der Waals surface area contributed by atoms with E-state index < -0.39 is 0 Å². The van der Waals surface area contributed by atoms with Crippen molar-refractivity contribution in [2.75, 3.05) is 26.4 Å². The summed E-state index contributed by atoms with van der Waals surface area (Å²) >= 11 is 0. The van der Waals surface area contributed by atoms with E-state index in [0.717, 1.165) is 52.1 Å². The molecule has 2 fully saturated rings. The van der Waals surface area contributed by atoms with Crippen LogP contribution in [0.15, 0.2) is 0 Å². The van der Waals surface area contributed by atoms with E-state index in [9.17, 15) is 0 Å². The predicted molar refractivity (Wildman–Crippen MR) is 63.3 cm³/mol. The number of halogens is 1. The normalized spacial score (nSPS) is 23.6. The molecule has 92 valence electrons. The standard InChI is InChI=1S/2C5H11NO.ClH/c2*6-5-1-3-7-4-2-5;/h2*5H,1-4,6H2;1H. The van der Waals surface area contributed by atoms with Crippen LogP contribution in [0.5, 0.6) is 0 Å². The Bertz CT molecular complexity index is 121. The third-order valence-corrected chi connectivity index (χ3v) is 2.53. The van der Waals surface area contributed by atoms with Crippen LogP contribution in [0, 0.1) is 0 Å². The fourth-order valence-electron chi connectivity index (χ4n) is 1.43. The average molecular weight is 239 g/mol. The Morgan fingerprint density at radius 3 is 1.07 bits per heavy atom. The lowest BCUT2D eigenvalue weighted by atomic mass is 10.1. The smallest absolute Gasteiger partial charge is 0.0480 e. The van der Waals surface area contributed by atoms with Gasteiger partial charge in [-0.1, -0.05) is 0 Å². The Morgan fingerprint density at radius 1 is 0.667 bits per heavy atom. The van der Waals surface area contributed by atoms with Crippen LogP contribution in [0.4, 0.5) is 0 Å². The molecule has 0 amide bonds. The zero-order valence-corrected chi connectivity index (χ0v) is 10.0. The van der Waals surface area contributed by atoms with E-state index in [-0.39, 0.29) is 12.4 Å². The third-order valence-electron chi connectivity index (χ3n) is 2.53. The fraction of sp³-hybridized carbons (Fsp3) is 1.00.